The Bertz CT molecular complexity index is 2320. The van der Waals surface area contributed by atoms with Gasteiger partial charge in [-0.2, -0.15) is 0 Å². The van der Waals surface area contributed by atoms with E-state index >= 15 is 0 Å². The minimum absolute atomic E-state index is 0.0398. The van der Waals surface area contributed by atoms with Gasteiger partial charge in [0.25, 0.3) is 11.4 Å². The number of pyridine rings is 4. The Morgan fingerprint density at radius 2 is 0.729 bits per heavy atom. The quantitative estimate of drug-likeness (QED) is 0.196. The molecule has 12 heteroatoms. The van der Waals surface area contributed by atoms with Gasteiger partial charge in [-0.1, -0.05) is 24.3 Å². The smallest absolute Gasteiger partial charge is 0.255 e. The maximum atomic E-state index is 10.3. The lowest BCUT2D eigenvalue weighted by Crippen LogP contribution is -2.23. The zero-order valence-corrected chi connectivity index (χ0v) is 24.6. The summed E-state index contributed by atoms with van der Waals surface area (Å²) in [6, 6.07) is 25.1. The maximum absolute atomic E-state index is 10.3. The van der Waals surface area contributed by atoms with Gasteiger partial charge in [0.2, 0.25) is 0 Å². The molecule has 220 valence electrons. The molecule has 12 nitrogen and oxygen atoms in total. The lowest BCUT2D eigenvalue weighted by atomic mass is 10.0. The molecule has 0 fully saturated rings. The number of hydrogen-bond donors (Lipinski definition) is 0. The van der Waals surface area contributed by atoms with Crippen LogP contribution in [0.1, 0.15) is 0 Å². The van der Waals surface area contributed by atoms with Gasteiger partial charge < -0.3 is 0 Å². The zero-order valence-electron chi connectivity index (χ0n) is 24.6. The van der Waals surface area contributed by atoms with Crippen LogP contribution in [0.15, 0.2) is 97.6 Å². The van der Waals surface area contributed by atoms with Crippen LogP contribution in [0.4, 0.5) is 0 Å². The van der Waals surface area contributed by atoms with E-state index in [9.17, 15) is 10.5 Å². The van der Waals surface area contributed by atoms with Crippen molar-refractivity contribution in [1.82, 2.24) is 39.9 Å². The average molecular weight is 617 g/mol. The monoisotopic (exact) mass is 616 g/mol. The first-order chi connectivity index (χ1) is 23.7. The van der Waals surface area contributed by atoms with Crippen molar-refractivity contribution in [2.45, 2.75) is 0 Å². The van der Waals surface area contributed by atoms with Gasteiger partial charge >= 0.3 is 0 Å². The van der Waals surface area contributed by atoms with Gasteiger partial charge in [0.15, 0.2) is 0 Å². The Kier molecular flexibility index (Phi) is 7.42. The molecular weight excluding hydrogens is 600 g/mol. The molecule has 7 rings (SSSR count). The number of rotatable bonds is 4. The van der Waals surface area contributed by atoms with Gasteiger partial charge in [-0.3, -0.25) is 19.9 Å². The summed E-state index contributed by atoms with van der Waals surface area (Å²) in [6.45, 7) is 15.9. The Hall–Kier alpha value is -7.80. The Labute approximate surface area is 272 Å². The van der Waals surface area contributed by atoms with Crippen LogP contribution in [0.2, 0.25) is 0 Å². The molecule has 48 heavy (non-hydrogen) atoms. The van der Waals surface area contributed by atoms with Crippen LogP contribution in [-0.4, -0.2) is 39.9 Å². The molecule has 0 saturated carbocycles. The topological polar surface area (TPSA) is 159 Å². The number of aromatic nitrogens is 8. The summed E-state index contributed by atoms with van der Waals surface area (Å²) >= 11 is 0. The first kappa shape index (κ1) is 28.9. The molecule has 0 spiro atoms. The zero-order chi connectivity index (χ0) is 33.0. The number of nitrogens with zero attached hydrogens (tertiary/aromatic N) is 12. The molecular formula is C36H16N12. The van der Waals surface area contributed by atoms with Gasteiger partial charge in [-0.15, -0.1) is 0 Å². The van der Waals surface area contributed by atoms with Crippen LogP contribution < -0.4 is 10.4 Å². The second kappa shape index (κ2) is 12.3. The van der Waals surface area contributed by atoms with Crippen LogP contribution in [-0.2, 0) is 0 Å². The molecule has 0 saturated heterocycles. The second-order valence-electron chi connectivity index (χ2n) is 9.99. The summed E-state index contributed by atoms with van der Waals surface area (Å²) in [7, 11) is 0. The predicted molar refractivity (Wildman–Crippen MR) is 176 cm³/mol. The van der Waals surface area contributed by atoms with E-state index in [0.29, 0.717) is 45.6 Å². The highest BCUT2D eigenvalue weighted by molar-refractivity contribution is 6.02. The number of hydrogen-bond acceptors (Lipinski definition) is 10. The molecule has 1 aromatic carbocycles. The van der Waals surface area contributed by atoms with E-state index in [1.807, 2.05) is 12.1 Å². The third kappa shape index (κ3) is 4.87. The molecule has 0 aliphatic heterocycles. The van der Waals surface area contributed by atoms with Gasteiger partial charge in [-0.05, 0) is 48.5 Å². The van der Waals surface area contributed by atoms with E-state index < -0.39 is 0 Å². The molecule has 6 heterocycles. The fourth-order valence-corrected chi connectivity index (χ4v) is 5.24. The van der Waals surface area contributed by atoms with Crippen molar-refractivity contribution in [3.05, 3.63) is 131 Å². The van der Waals surface area contributed by atoms with E-state index in [1.54, 1.807) is 97.6 Å². The Morgan fingerprint density at radius 3 is 0.917 bits per heavy atom. The molecule has 0 N–H and O–H groups in total. The average Bonchev–Trinajstić information content (AvgIpc) is 3.16. The summed E-state index contributed by atoms with van der Waals surface area (Å²) < 4.78 is 0. The maximum Gasteiger partial charge on any atom is 0.273 e. The largest absolute Gasteiger partial charge is 0.273 e. The number of nitriles is 2. The normalized spacial score (nSPS) is 10.4. The van der Waals surface area contributed by atoms with Crippen molar-refractivity contribution in [2.75, 3.05) is 0 Å². The minimum Gasteiger partial charge on any atom is -0.255 e. The molecule has 0 unspecified atom stereocenters. The molecule has 0 bridgehead atoms. The van der Waals surface area contributed by atoms with Crippen molar-refractivity contribution >= 4 is 33.5 Å². The highest BCUT2D eigenvalue weighted by Gasteiger charge is 2.24. The second-order valence-corrected chi connectivity index (χ2v) is 9.99. The number of fused-ring (bicyclic) bond motifs is 2. The van der Waals surface area contributed by atoms with Gasteiger partial charge in [0.1, 0.15) is 22.8 Å². The van der Waals surface area contributed by atoms with Crippen molar-refractivity contribution in [3.8, 4) is 57.7 Å². The Morgan fingerprint density at radius 1 is 0.458 bits per heavy atom. The van der Waals surface area contributed by atoms with Gasteiger partial charge in [-0.25, -0.2) is 40.1 Å². The minimum atomic E-state index is -0.336. The molecule has 0 aliphatic carbocycles. The van der Waals surface area contributed by atoms with Crippen LogP contribution in [0.25, 0.3) is 88.7 Å². The summed E-state index contributed by atoms with van der Waals surface area (Å²) in [4.78, 5) is 45.0. The van der Waals surface area contributed by atoms with Crippen molar-refractivity contribution in [3.63, 3.8) is 0 Å². The van der Waals surface area contributed by atoms with E-state index in [0.717, 1.165) is 0 Å². The van der Waals surface area contributed by atoms with E-state index in [1.165, 1.54) is 0 Å². The molecule has 0 atom stereocenters. The fourth-order valence-electron chi connectivity index (χ4n) is 5.24. The van der Waals surface area contributed by atoms with Crippen LogP contribution in [0, 0.1) is 35.8 Å². The van der Waals surface area contributed by atoms with E-state index in [-0.39, 0.29) is 43.9 Å². The molecule has 7 aromatic rings. The lowest BCUT2D eigenvalue weighted by molar-refractivity contribution is 1.18. The SMILES string of the molecule is [C-]#[N+]C(C#N)=c1c2nc(-c3ccccn3)c(-c3ccccn3)nc2c(=C(C#N)[N+]#[C-])c2nc(-c3ccccn3)c(-c3ccccn3)nc12. The summed E-state index contributed by atoms with van der Waals surface area (Å²) in [5, 5.41) is 20.6. The fraction of sp³-hybridized carbons (Fsp3) is 0. The molecule has 0 aliphatic rings. The molecule has 6 aromatic heterocycles. The highest BCUT2D eigenvalue weighted by Crippen LogP contribution is 2.31. The third-order valence-corrected chi connectivity index (χ3v) is 7.28. The first-order valence-corrected chi connectivity index (χ1v) is 14.2. The highest BCUT2D eigenvalue weighted by atomic mass is 14.9. The van der Waals surface area contributed by atoms with Crippen LogP contribution >= 0.6 is 0 Å². The van der Waals surface area contributed by atoms with Crippen molar-refractivity contribution in [1.29, 1.82) is 10.5 Å². The molecule has 0 amide bonds. The lowest BCUT2D eigenvalue weighted by Gasteiger charge is -2.14. The van der Waals surface area contributed by atoms with Gasteiger partial charge in [0, 0.05) is 35.2 Å². The summed E-state index contributed by atoms with van der Waals surface area (Å²) in [5.41, 5.74) is 2.59. The number of benzene rings is 1. The van der Waals surface area contributed by atoms with Gasteiger partial charge in [0.05, 0.1) is 70.1 Å². The summed E-state index contributed by atoms with van der Waals surface area (Å²) in [6.07, 6.45) is 6.41. The molecule has 0 radical (unpaired) electrons. The van der Waals surface area contributed by atoms with Crippen LogP contribution in [0.5, 0.6) is 0 Å². The van der Waals surface area contributed by atoms with Crippen molar-refractivity contribution < 1.29 is 0 Å². The predicted octanol–water partition coefficient (Wildman–Crippen LogP) is 4.92. The van der Waals surface area contributed by atoms with E-state index in [4.69, 9.17) is 33.1 Å². The van der Waals surface area contributed by atoms with Crippen LogP contribution in [0.3, 0.4) is 0 Å². The summed E-state index contributed by atoms with van der Waals surface area (Å²) in [5.74, 6) is 0. The Balaban J connectivity index is 1.82. The first-order valence-electron chi connectivity index (χ1n) is 14.2. The van der Waals surface area contributed by atoms with E-state index in [2.05, 4.69) is 29.6 Å². The van der Waals surface area contributed by atoms with Crippen molar-refractivity contribution in [2.24, 2.45) is 0 Å². The third-order valence-electron chi connectivity index (χ3n) is 7.28. The standard InChI is InChI=1S/C36H16N12/c1-39-25(19-37)27-33-35(47-31(23-13-5-9-17-43-23)29(45-33)21-11-3-7-15-41-21)28(26(20-38)40-2)36-34(27)46-30(22-12-4-8-16-42-22)32(48-36)24-14-6-10-18-44-24/h3-18H.